The van der Waals surface area contributed by atoms with E-state index in [-0.39, 0.29) is 30.7 Å². The number of carbonyl (C=O) groups excluding carboxylic acids is 1. The fourth-order valence-electron chi connectivity index (χ4n) is 2.62. The normalized spacial score (nSPS) is 15.2. The maximum absolute atomic E-state index is 12.1. The molecule has 0 aromatic carbocycles. The first kappa shape index (κ1) is 20.2. The molecule has 2 heterocycles. The molecule has 122 valence electrons. The van der Waals surface area contributed by atoms with E-state index in [0.717, 1.165) is 38.4 Å². The fraction of sp³-hybridized carbons (Fsp3) is 0.714. The molecule has 1 amide bonds. The van der Waals surface area contributed by atoms with E-state index in [9.17, 15) is 4.79 Å². The third-order valence-electron chi connectivity index (χ3n) is 3.88. The number of nitrogens with one attached hydrogen (secondary N) is 1. The molecule has 21 heavy (non-hydrogen) atoms. The number of hydrogen-bond donors (Lipinski definition) is 1. The van der Waals surface area contributed by atoms with Crippen LogP contribution in [0.1, 0.15) is 25.7 Å². The van der Waals surface area contributed by atoms with Crippen LogP contribution < -0.4 is 5.32 Å². The minimum atomic E-state index is 0. The first-order chi connectivity index (χ1) is 9.29. The number of halogens is 2. The fourth-order valence-corrected chi connectivity index (χ4v) is 2.62. The summed E-state index contributed by atoms with van der Waals surface area (Å²) < 4.78 is 1.82. The molecular weight excluding hydrogens is 311 g/mol. The Hall–Kier alpha value is -0.780. The lowest BCUT2D eigenvalue weighted by Gasteiger charge is -2.32. The summed E-state index contributed by atoms with van der Waals surface area (Å²) in [4.78, 5) is 14.1. The zero-order valence-corrected chi connectivity index (χ0v) is 14.2. The predicted octanol–water partition coefficient (Wildman–Crippen LogP) is 1.96. The summed E-state index contributed by atoms with van der Waals surface area (Å²) >= 11 is 0. The van der Waals surface area contributed by atoms with Gasteiger partial charge in [0.1, 0.15) is 0 Å². The van der Waals surface area contributed by atoms with Crippen LogP contribution >= 0.6 is 24.8 Å². The summed E-state index contributed by atoms with van der Waals surface area (Å²) in [5, 5.41) is 7.31. The smallest absolute Gasteiger partial charge is 0.224 e. The molecule has 0 saturated carbocycles. The maximum Gasteiger partial charge on any atom is 0.224 e. The van der Waals surface area contributed by atoms with Gasteiger partial charge in [-0.3, -0.25) is 9.48 Å². The Kier molecular flexibility index (Phi) is 10.5. The molecule has 2 rings (SSSR count). The Bertz CT molecular complexity index is 378. The largest absolute Gasteiger partial charge is 0.343 e. The van der Waals surface area contributed by atoms with Gasteiger partial charge < -0.3 is 10.2 Å². The van der Waals surface area contributed by atoms with Gasteiger partial charge in [0.05, 0.1) is 0 Å². The van der Waals surface area contributed by atoms with Gasteiger partial charge in [-0.05, 0) is 44.8 Å². The summed E-state index contributed by atoms with van der Waals surface area (Å²) in [5.74, 6) is 1.05. The highest BCUT2D eigenvalue weighted by Crippen LogP contribution is 2.20. The number of piperidine rings is 1. The zero-order valence-electron chi connectivity index (χ0n) is 12.5. The highest BCUT2D eigenvalue weighted by atomic mass is 35.5. The van der Waals surface area contributed by atoms with Crippen LogP contribution in [0.4, 0.5) is 0 Å². The van der Waals surface area contributed by atoms with Gasteiger partial charge >= 0.3 is 0 Å². The van der Waals surface area contributed by atoms with Crippen molar-refractivity contribution in [2.45, 2.75) is 32.2 Å². The summed E-state index contributed by atoms with van der Waals surface area (Å²) in [5.41, 5.74) is 0. The molecule has 0 radical (unpaired) electrons. The molecule has 1 aromatic rings. The second-order valence-corrected chi connectivity index (χ2v) is 5.24. The molecule has 5 nitrogen and oxygen atoms in total. The van der Waals surface area contributed by atoms with E-state index in [1.807, 2.05) is 28.9 Å². The second-order valence-electron chi connectivity index (χ2n) is 5.24. The number of nitrogens with zero attached hydrogens (tertiary/aromatic N) is 3. The first-order valence-corrected chi connectivity index (χ1v) is 7.19. The van der Waals surface area contributed by atoms with Crippen molar-refractivity contribution in [2.24, 2.45) is 5.92 Å². The van der Waals surface area contributed by atoms with Gasteiger partial charge in [-0.1, -0.05) is 0 Å². The number of aryl methyl sites for hydroxylation is 1. The lowest BCUT2D eigenvalue weighted by molar-refractivity contribution is -0.132. The third kappa shape index (κ3) is 6.68. The van der Waals surface area contributed by atoms with Crippen molar-refractivity contribution in [3.63, 3.8) is 0 Å². The molecule has 1 aliphatic rings. The van der Waals surface area contributed by atoms with E-state index < -0.39 is 0 Å². The van der Waals surface area contributed by atoms with Gasteiger partial charge in [0.25, 0.3) is 0 Å². The van der Waals surface area contributed by atoms with Crippen LogP contribution in [0.5, 0.6) is 0 Å². The SMILES string of the molecule is CNCCC1CCN(C(=O)CCn2cccn2)CC1.Cl.Cl. The molecule has 1 aromatic heterocycles. The van der Waals surface area contributed by atoms with Crippen LogP contribution in [0, 0.1) is 5.92 Å². The molecule has 0 atom stereocenters. The second kappa shape index (κ2) is 10.9. The van der Waals surface area contributed by atoms with Crippen LogP contribution in [-0.4, -0.2) is 47.3 Å². The van der Waals surface area contributed by atoms with Gasteiger partial charge in [0.2, 0.25) is 5.91 Å². The van der Waals surface area contributed by atoms with Gasteiger partial charge in [-0.25, -0.2) is 0 Å². The molecular formula is C14H26Cl2N4O. The molecule has 1 aliphatic heterocycles. The van der Waals surface area contributed by atoms with Gasteiger partial charge in [0.15, 0.2) is 0 Å². The van der Waals surface area contributed by atoms with E-state index in [0.29, 0.717) is 13.0 Å². The summed E-state index contributed by atoms with van der Waals surface area (Å²) in [6.07, 6.45) is 7.73. The highest BCUT2D eigenvalue weighted by molar-refractivity contribution is 5.85. The number of likely N-dealkylation sites (tertiary alicyclic amines) is 1. The van der Waals surface area contributed by atoms with Gasteiger partial charge in [-0.2, -0.15) is 5.10 Å². The standard InChI is InChI=1S/C14H24N4O.2ClH/c1-15-8-3-13-4-10-17(11-5-13)14(19)6-12-18-9-2-7-16-18;;/h2,7,9,13,15H,3-6,8,10-12H2,1H3;2*1H. The average Bonchev–Trinajstić information content (AvgIpc) is 2.96. The van der Waals surface area contributed by atoms with Crippen molar-refractivity contribution in [3.05, 3.63) is 18.5 Å². The first-order valence-electron chi connectivity index (χ1n) is 7.19. The highest BCUT2D eigenvalue weighted by Gasteiger charge is 2.22. The van der Waals surface area contributed by atoms with Gasteiger partial charge in [0, 0.05) is 38.4 Å². The van der Waals surface area contributed by atoms with E-state index in [1.54, 1.807) is 6.20 Å². The van der Waals surface area contributed by atoms with E-state index in [2.05, 4.69) is 10.4 Å². The van der Waals surface area contributed by atoms with Crippen molar-refractivity contribution in [2.75, 3.05) is 26.7 Å². The number of amides is 1. The van der Waals surface area contributed by atoms with Crippen LogP contribution in [0.3, 0.4) is 0 Å². The number of aromatic nitrogens is 2. The van der Waals surface area contributed by atoms with Crippen molar-refractivity contribution in [1.29, 1.82) is 0 Å². The van der Waals surface area contributed by atoms with Gasteiger partial charge in [-0.15, -0.1) is 24.8 Å². The summed E-state index contributed by atoms with van der Waals surface area (Å²) in [7, 11) is 1.99. The summed E-state index contributed by atoms with van der Waals surface area (Å²) in [6.45, 7) is 3.61. The van der Waals surface area contributed by atoms with Crippen molar-refractivity contribution < 1.29 is 4.79 Å². The van der Waals surface area contributed by atoms with Crippen molar-refractivity contribution in [1.82, 2.24) is 20.0 Å². The van der Waals surface area contributed by atoms with Crippen LogP contribution in [-0.2, 0) is 11.3 Å². The molecule has 0 bridgehead atoms. The quantitative estimate of drug-likeness (QED) is 0.863. The van der Waals surface area contributed by atoms with Crippen LogP contribution in [0.25, 0.3) is 0 Å². The molecule has 0 aliphatic carbocycles. The minimum absolute atomic E-state index is 0. The molecule has 0 unspecified atom stereocenters. The van der Waals surface area contributed by atoms with Crippen LogP contribution in [0.2, 0.25) is 0 Å². The Morgan fingerprint density at radius 3 is 2.62 bits per heavy atom. The Labute approximate surface area is 139 Å². The maximum atomic E-state index is 12.1. The predicted molar refractivity (Wildman–Crippen MR) is 89.2 cm³/mol. The molecule has 1 N–H and O–H groups in total. The summed E-state index contributed by atoms with van der Waals surface area (Å²) in [6, 6.07) is 1.89. The minimum Gasteiger partial charge on any atom is -0.343 e. The lowest BCUT2D eigenvalue weighted by Crippen LogP contribution is -2.39. The van der Waals surface area contributed by atoms with E-state index in [4.69, 9.17) is 0 Å². The molecule has 7 heteroatoms. The number of carbonyl (C=O) groups is 1. The Morgan fingerprint density at radius 2 is 2.05 bits per heavy atom. The molecule has 0 spiro atoms. The lowest BCUT2D eigenvalue weighted by atomic mass is 9.93. The van der Waals surface area contributed by atoms with E-state index >= 15 is 0 Å². The number of hydrogen-bond acceptors (Lipinski definition) is 3. The Morgan fingerprint density at radius 1 is 1.33 bits per heavy atom. The topological polar surface area (TPSA) is 50.2 Å². The zero-order chi connectivity index (χ0) is 13.5. The number of rotatable bonds is 6. The molecule has 1 fully saturated rings. The molecule has 1 saturated heterocycles. The average molecular weight is 337 g/mol. The monoisotopic (exact) mass is 336 g/mol. The third-order valence-corrected chi connectivity index (χ3v) is 3.88. The van der Waals surface area contributed by atoms with Crippen molar-refractivity contribution >= 4 is 30.7 Å². The van der Waals surface area contributed by atoms with Crippen LogP contribution in [0.15, 0.2) is 18.5 Å². The van der Waals surface area contributed by atoms with Crippen molar-refractivity contribution in [3.8, 4) is 0 Å². The van der Waals surface area contributed by atoms with E-state index in [1.165, 1.54) is 6.42 Å². The Balaban J connectivity index is 0.00000200.